The number of benzene rings is 1. The van der Waals surface area contributed by atoms with Crippen LogP contribution in [0.1, 0.15) is 55.3 Å². The quantitative estimate of drug-likeness (QED) is 0.408. The van der Waals surface area contributed by atoms with E-state index in [1.54, 1.807) is 22.8 Å². The average molecular weight is 431 g/mol. The standard InChI is InChI=1S/C22H26N2O5S/c1-28-21(27)14-9-10-16-17(12-14)23-22(30-19-8-4-2-3-7-18(19)25)24(20(16)26)13-15-6-5-11-29-15/h9-10,12,15,19H,2-8,11,13H2,1H3/t15-,19-/m1/s1. The van der Waals surface area contributed by atoms with Crippen molar-refractivity contribution < 1.29 is 19.1 Å². The molecule has 0 unspecified atom stereocenters. The van der Waals surface area contributed by atoms with Crippen molar-refractivity contribution in [2.45, 2.75) is 68.0 Å². The maximum Gasteiger partial charge on any atom is 0.337 e. The molecular formula is C22H26N2O5S. The molecule has 2 aliphatic rings. The Morgan fingerprint density at radius 1 is 1.23 bits per heavy atom. The number of hydrogen-bond acceptors (Lipinski definition) is 7. The molecule has 1 aromatic carbocycles. The normalized spacial score (nSPS) is 22.2. The van der Waals surface area contributed by atoms with E-state index in [-0.39, 0.29) is 22.7 Å². The zero-order chi connectivity index (χ0) is 21.1. The summed E-state index contributed by atoms with van der Waals surface area (Å²) in [6, 6.07) is 4.78. The predicted octanol–water partition coefficient (Wildman–Crippen LogP) is 3.36. The third-order valence-corrected chi connectivity index (χ3v) is 7.05. The van der Waals surface area contributed by atoms with Gasteiger partial charge in [0, 0.05) is 13.0 Å². The number of ketones is 1. The highest BCUT2D eigenvalue weighted by molar-refractivity contribution is 8.00. The van der Waals surface area contributed by atoms with Gasteiger partial charge in [0.05, 0.1) is 41.5 Å². The predicted molar refractivity (Wildman–Crippen MR) is 114 cm³/mol. The number of carbonyl (C=O) groups is 2. The first kappa shape index (κ1) is 21.1. The summed E-state index contributed by atoms with van der Waals surface area (Å²) >= 11 is 1.38. The van der Waals surface area contributed by atoms with E-state index in [0.717, 1.165) is 38.5 Å². The van der Waals surface area contributed by atoms with Crippen molar-refractivity contribution in [2.75, 3.05) is 13.7 Å². The molecule has 8 heteroatoms. The molecule has 2 heterocycles. The molecule has 2 fully saturated rings. The lowest BCUT2D eigenvalue weighted by Crippen LogP contribution is -2.30. The van der Waals surface area contributed by atoms with Gasteiger partial charge in [-0.15, -0.1) is 0 Å². The summed E-state index contributed by atoms with van der Waals surface area (Å²) in [6.45, 7) is 1.12. The van der Waals surface area contributed by atoms with Crippen LogP contribution in [0.15, 0.2) is 28.2 Å². The number of Topliss-reactive ketones (excluding diaryl/α,β-unsaturated/α-hetero) is 1. The minimum Gasteiger partial charge on any atom is -0.465 e. The number of hydrogen-bond donors (Lipinski definition) is 0. The van der Waals surface area contributed by atoms with Gasteiger partial charge in [-0.3, -0.25) is 14.2 Å². The lowest BCUT2D eigenvalue weighted by Gasteiger charge is -2.19. The molecule has 1 aliphatic carbocycles. The maximum absolute atomic E-state index is 13.3. The van der Waals surface area contributed by atoms with E-state index in [0.29, 0.717) is 41.2 Å². The van der Waals surface area contributed by atoms with Gasteiger partial charge in [0.1, 0.15) is 5.78 Å². The van der Waals surface area contributed by atoms with Gasteiger partial charge in [-0.05, 0) is 43.9 Å². The molecule has 1 aliphatic heterocycles. The van der Waals surface area contributed by atoms with E-state index in [1.165, 1.54) is 18.9 Å². The van der Waals surface area contributed by atoms with Crippen molar-refractivity contribution in [3.63, 3.8) is 0 Å². The molecule has 2 aromatic rings. The lowest BCUT2D eigenvalue weighted by molar-refractivity contribution is -0.118. The van der Waals surface area contributed by atoms with Crippen LogP contribution in [-0.2, 0) is 20.8 Å². The van der Waals surface area contributed by atoms with Crippen LogP contribution in [0.25, 0.3) is 10.9 Å². The Labute approximate surface area is 179 Å². The summed E-state index contributed by atoms with van der Waals surface area (Å²) in [4.78, 5) is 42.6. The number of ether oxygens (including phenoxy) is 2. The zero-order valence-electron chi connectivity index (χ0n) is 17.1. The van der Waals surface area contributed by atoms with Crippen LogP contribution < -0.4 is 5.56 Å². The van der Waals surface area contributed by atoms with Crippen molar-refractivity contribution in [3.8, 4) is 0 Å². The van der Waals surface area contributed by atoms with E-state index < -0.39 is 5.97 Å². The van der Waals surface area contributed by atoms with Crippen LogP contribution in [0, 0.1) is 0 Å². The van der Waals surface area contributed by atoms with Crippen LogP contribution >= 0.6 is 11.8 Å². The highest BCUT2D eigenvalue weighted by Gasteiger charge is 2.26. The minimum absolute atomic E-state index is 0.0273. The molecule has 0 bridgehead atoms. The van der Waals surface area contributed by atoms with Gasteiger partial charge in [0.2, 0.25) is 0 Å². The first-order valence-corrected chi connectivity index (χ1v) is 11.4. The van der Waals surface area contributed by atoms with Gasteiger partial charge < -0.3 is 9.47 Å². The molecule has 0 spiro atoms. The van der Waals surface area contributed by atoms with Crippen LogP contribution in [0.5, 0.6) is 0 Å². The Kier molecular flexibility index (Phi) is 6.53. The Bertz CT molecular complexity index is 1010. The van der Waals surface area contributed by atoms with E-state index >= 15 is 0 Å². The molecule has 2 atom stereocenters. The van der Waals surface area contributed by atoms with Gasteiger partial charge in [-0.25, -0.2) is 9.78 Å². The molecule has 0 amide bonds. The number of nitrogens with zero attached hydrogens (tertiary/aromatic N) is 2. The van der Waals surface area contributed by atoms with E-state index in [9.17, 15) is 14.4 Å². The summed E-state index contributed by atoms with van der Waals surface area (Å²) in [5.74, 6) is -0.255. The van der Waals surface area contributed by atoms with E-state index in [4.69, 9.17) is 14.5 Å². The number of fused-ring (bicyclic) bond motifs is 1. The molecule has 30 heavy (non-hydrogen) atoms. The monoisotopic (exact) mass is 430 g/mol. The second kappa shape index (κ2) is 9.31. The largest absolute Gasteiger partial charge is 0.465 e. The number of methoxy groups -OCH3 is 1. The molecule has 1 saturated heterocycles. The van der Waals surface area contributed by atoms with Crippen molar-refractivity contribution >= 4 is 34.4 Å². The van der Waals surface area contributed by atoms with Crippen molar-refractivity contribution in [1.82, 2.24) is 9.55 Å². The topological polar surface area (TPSA) is 87.5 Å². The highest BCUT2D eigenvalue weighted by Crippen LogP contribution is 2.31. The fourth-order valence-corrected chi connectivity index (χ4v) is 5.29. The van der Waals surface area contributed by atoms with Crippen LogP contribution in [0.3, 0.4) is 0 Å². The van der Waals surface area contributed by atoms with Crippen LogP contribution in [0.4, 0.5) is 0 Å². The SMILES string of the molecule is COC(=O)c1ccc2c(=O)n(C[C@H]3CCCO3)c(S[C@@H]3CCCCCC3=O)nc2c1. The van der Waals surface area contributed by atoms with Crippen molar-refractivity contribution in [1.29, 1.82) is 0 Å². The number of aromatic nitrogens is 2. The summed E-state index contributed by atoms with van der Waals surface area (Å²) in [5, 5.41) is 0.763. The number of carbonyl (C=O) groups excluding carboxylic acids is 2. The number of thioether (sulfide) groups is 1. The summed E-state index contributed by atoms with van der Waals surface area (Å²) in [7, 11) is 1.32. The van der Waals surface area contributed by atoms with Gasteiger partial charge >= 0.3 is 5.97 Å². The van der Waals surface area contributed by atoms with Gasteiger partial charge in [0.25, 0.3) is 5.56 Å². The third kappa shape index (κ3) is 4.44. The number of rotatable bonds is 5. The molecule has 160 valence electrons. The number of esters is 1. The van der Waals surface area contributed by atoms with Gasteiger partial charge in [-0.1, -0.05) is 24.6 Å². The van der Waals surface area contributed by atoms with Gasteiger partial charge in [0.15, 0.2) is 5.16 Å². The Hall–Kier alpha value is -2.19. The second-order valence-electron chi connectivity index (χ2n) is 7.84. The first-order chi connectivity index (χ1) is 14.6. The summed E-state index contributed by atoms with van der Waals surface area (Å²) < 4.78 is 12.2. The summed E-state index contributed by atoms with van der Waals surface area (Å²) in [6.07, 6.45) is 6.20. The molecule has 0 N–H and O–H groups in total. The minimum atomic E-state index is -0.476. The first-order valence-electron chi connectivity index (χ1n) is 10.5. The molecule has 0 radical (unpaired) electrons. The third-order valence-electron chi connectivity index (χ3n) is 5.75. The molecule has 4 rings (SSSR count). The van der Waals surface area contributed by atoms with E-state index in [2.05, 4.69) is 0 Å². The Balaban J connectivity index is 1.77. The molecule has 1 aromatic heterocycles. The fraction of sp³-hybridized carbons (Fsp3) is 0.545. The van der Waals surface area contributed by atoms with Crippen molar-refractivity contribution in [2.24, 2.45) is 0 Å². The van der Waals surface area contributed by atoms with Crippen LogP contribution in [0.2, 0.25) is 0 Å². The molecule has 7 nitrogen and oxygen atoms in total. The molecular weight excluding hydrogens is 404 g/mol. The maximum atomic E-state index is 13.3. The Morgan fingerprint density at radius 3 is 2.87 bits per heavy atom. The van der Waals surface area contributed by atoms with Crippen LogP contribution in [-0.4, -0.2) is 46.4 Å². The summed E-state index contributed by atoms with van der Waals surface area (Å²) in [5.41, 5.74) is 0.612. The second-order valence-corrected chi connectivity index (χ2v) is 9.01. The average Bonchev–Trinajstić information content (AvgIpc) is 3.19. The lowest BCUT2D eigenvalue weighted by atomic mass is 10.1. The smallest absolute Gasteiger partial charge is 0.337 e. The van der Waals surface area contributed by atoms with E-state index in [1.807, 2.05) is 0 Å². The Morgan fingerprint density at radius 2 is 2.10 bits per heavy atom. The zero-order valence-corrected chi connectivity index (χ0v) is 17.9. The highest BCUT2D eigenvalue weighted by atomic mass is 32.2. The molecule has 1 saturated carbocycles. The van der Waals surface area contributed by atoms with Gasteiger partial charge in [-0.2, -0.15) is 0 Å². The fourth-order valence-electron chi connectivity index (χ4n) is 4.07. The van der Waals surface area contributed by atoms with Crippen molar-refractivity contribution in [3.05, 3.63) is 34.1 Å².